The summed E-state index contributed by atoms with van der Waals surface area (Å²) in [5.41, 5.74) is 6.63. The van der Waals surface area contributed by atoms with Gasteiger partial charge in [-0.1, -0.05) is 43.5 Å². The van der Waals surface area contributed by atoms with Crippen molar-refractivity contribution in [2.24, 2.45) is 11.7 Å². The van der Waals surface area contributed by atoms with E-state index >= 15 is 0 Å². The van der Waals surface area contributed by atoms with Crippen molar-refractivity contribution in [2.45, 2.75) is 45.6 Å². The van der Waals surface area contributed by atoms with Crippen molar-refractivity contribution in [3.8, 4) is 0 Å². The number of benzene rings is 1. The van der Waals surface area contributed by atoms with E-state index in [0.717, 1.165) is 31.2 Å². The highest BCUT2D eigenvalue weighted by molar-refractivity contribution is 6.30. The molecule has 20 heavy (non-hydrogen) atoms. The molecular formula is C16H25ClN2O. The van der Waals surface area contributed by atoms with Gasteiger partial charge in [0.15, 0.2) is 0 Å². The Kier molecular flexibility index (Phi) is 8.31. The van der Waals surface area contributed by atoms with Crippen LogP contribution in [0.4, 0.5) is 0 Å². The predicted molar refractivity (Wildman–Crippen MR) is 84.6 cm³/mol. The largest absolute Gasteiger partial charge is 0.352 e. The first-order valence-corrected chi connectivity index (χ1v) is 7.74. The molecule has 1 atom stereocenters. The molecule has 0 saturated carbocycles. The summed E-state index contributed by atoms with van der Waals surface area (Å²) in [6.07, 6.45) is 4.81. The zero-order valence-corrected chi connectivity index (χ0v) is 13.0. The Morgan fingerprint density at radius 2 is 2.15 bits per heavy atom. The SMILES string of the molecule is CCCC(CCN)CCC(=O)NCc1cccc(Cl)c1. The normalized spacial score (nSPS) is 12.2. The standard InChI is InChI=1S/C16H25ClN2O/c1-2-4-13(9-10-18)7-8-16(20)19-12-14-5-3-6-15(17)11-14/h3,5-6,11,13H,2,4,7-10,12,18H2,1H3,(H,19,20). The molecule has 0 fully saturated rings. The third-order valence-corrected chi connectivity index (χ3v) is 3.67. The molecule has 1 unspecified atom stereocenters. The molecule has 1 aromatic rings. The van der Waals surface area contributed by atoms with Crippen molar-refractivity contribution < 1.29 is 4.79 Å². The van der Waals surface area contributed by atoms with E-state index in [-0.39, 0.29) is 5.91 Å². The first kappa shape index (κ1) is 17.0. The van der Waals surface area contributed by atoms with Gasteiger partial charge in [0.1, 0.15) is 0 Å². The molecular weight excluding hydrogens is 272 g/mol. The number of amides is 1. The van der Waals surface area contributed by atoms with E-state index in [4.69, 9.17) is 17.3 Å². The number of nitrogens with two attached hydrogens (primary N) is 1. The third-order valence-electron chi connectivity index (χ3n) is 3.43. The minimum Gasteiger partial charge on any atom is -0.352 e. The monoisotopic (exact) mass is 296 g/mol. The second kappa shape index (κ2) is 9.78. The van der Waals surface area contributed by atoms with Crippen molar-refractivity contribution >= 4 is 17.5 Å². The van der Waals surface area contributed by atoms with Gasteiger partial charge in [0, 0.05) is 18.0 Å². The van der Waals surface area contributed by atoms with Crippen LogP contribution in [0.25, 0.3) is 0 Å². The molecule has 0 spiro atoms. The van der Waals surface area contributed by atoms with Crippen LogP contribution in [0.1, 0.15) is 44.6 Å². The highest BCUT2D eigenvalue weighted by atomic mass is 35.5. The van der Waals surface area contributed by atoms with E-state index in [1.807, 2.05) is 24.3 Å². The van der Waals surface area contributed by atoms with Crippen molar-refractivity contribution in [2.75, 3.05) is 6.54 Å². The Hall–Kier alpha value is -1.06. The first-order chi connectivity index (χ1) is 9.65. The van der Waals surface area contributed by atoms with Gasteiger partial charge < -0.3 is 11.1 Å². The lowest BCUT2D eigenvalue weighted by molar-refractivity contribution is -0.121. The van der Waals surface area contributed by atoms with E-state index in [1.54, 1.807) is 0 Å². The van der Waals surface area contributed by atoms with Gasteiger partial charge in [-0.2, -0.15) is 0 Å². The molecule has 4 heteroatoms. The Bertz CT molecular complexity index is 403. The fourth-order valence-corrected chi connectivity index (χ4v) is 2.56. The molecule has 0 aliphatic rings. The minimum atomic E-state index is 0.100. The highest BCUT2D eigenvalue weighted by Crippen LogP contribution is 2.17. The van der Waals surface area contributed by atoms with Crippen LogP contribution in [0.15, 0.2) is 24.3 Å². The van der Waals surface area contributed by atoms with Crippen LogP contribution in [-0.2, 0) is 11.3 Å². The average molecular weight is 297 g/mol. The highest BCUT2D eigenvalue weighted by Gasteiger charge is 2.10. The molecule has 0 heterocycles. The van der Waals surface area contributed by atoms with Gasteiger partial charge >= 0.3 is 0 Å². The van der Waals surface area contributed by atoms with Gasteiger partial charge in [0.25, 0.3) is 0 Å². The van der Waals surface area contributed by atoms with E-state index in [9.17, 15) is 4.79 Å². The van der Waals surface area contributed by atoms with Crippen molar-refractivity contribution in [1.82, 2.24) is 5.32 Å². The van der Waals surface area contributed by atoms with Crippen molar-refractivity contribution in [1.29, 1.82) is 0 Å². The fraction of sp³-hybridized carbons (Fsp3) is 0.562. The molecule has 1 rings (SSSR count). The number of carbonyl (C=O) groups excluding carboxylic acids is 1. The number of hydrogen-bond acceptors (Lipinski definition) is 2. The molecule has 0 aromatic heterocycles. The maximum Gasteiger partial charge on any atom is 0.220 e. The number of carbonyl (C=O) groups is 1. The number of hydrogen-bond donors (Lipinski definition) is 2. The lowest BCUT2D eigenvalue weighted by atomic mass is 9.94. The number of rotatable bonds is 9. The maximum atomic E-state index is 11.8. The lowest BCUT2D eigenvalue weighted by Gasteiger charge is -2.14. The maximum absolute atomic E-state index is 11.8. The minimum absolute atomic E-state index is 0.100. The molecule has 0 saturated heterocycles. The molecule has 0 bridgehead atoms. The molecule has 112 valence electrons. The number of halogens is 1. The van der Waals surface area contributed by atoms with E-state index in [2.05, 4.69) is 12.2 Å². The first-order valence-electron chi connectivity index (χ1n) is 7.37. The molecule has 0 aliphatic carbocycles. The Balaban J connectivity index is 2.29. The summed E-state index contributed by atoms with van der Waals surface area (Å²) in [5, 5.41) is 3.63. The van der Waals surface area contributed by atoms with E-state index < -0.39 is 0 Å². The van der Waals surface area contributed by atoms with Gasteiger partial charge in [0.05, 0.1) is 0 Å². The van der Waals surface area contributed by atoms with Crippen LogP contribution in [-0.4, -0.2) is 12.5 Å². The molecule has 0 radical (unpaired) electrons. The second-order valence-electron chi connectivity index (χ2n) is 5.18. The van der Waals surface area contributed by atoms with E-state index in [1.165, 1.54) is 0 Å². The van der Waals surface area contributed by atoms with Crippen LogP contribution in [0.5, 0.6) is 0 Å². The summed E-state index contributed by atoms with van der Waals surface area (Å²) >= 11 is 5.91. The zero-order valence-electron chi connectivity index (χ0n) is 12.2. The smallest absolute Gasteiger partial charge is 0.220 e. The van der Waals surface area contributed by atoms with Gasteiger partial charge in [-0.05, 0) is 43.0 Å². The summed E-state index contributed by atoms with van der Waals surface area (Å²) in [4.78, 5) is 11.8. The summed E-state index contributed by atoms with van der Waals surface area (Å²) in [5.74, 6) is 0.671. The fourth-order valence-electron chi connectivity index (χ4n) is 2.35. The summed E-state index contributed by atoms with van der Waals surface area (Å²) in [6.45, 7) is 3.41. The van der Waals surface area contributed by atoms with Crippen LogP contribution in [0.3, 0.4) is 0 Å². The molecule has 0 aliphatic heterocycles. The van der Waals surface area contributed by atoms with E-state index in [0.29, 0.717) is 30.5 Å². The molecule has 3 nitrogen and oxygen atoms in total. The summed E-state index contributed by atoms with van der Waals surface area (Å²) < 4.78 is 0. The van der Waals surface area contributed by atoms with Gasteiger partial charge in [0.2, 0.25) is 5.91 Å². The lowest BCUT2D eigenvalue weighted by Crippen LogP contribution is -2.23. The Morgan fingerprint density at radius 3 is 2.80 bits per heavy atom. The number of nitrogens with one attached hydrogen (secondary N) is 1. The summed E-state index contributed by atoms with van der Waals surface area (Å²) in [6, 6.07) is 7.55. The zero-order chi connectivity index (χ0) is 14.8. The second-order valence-corrected chi connectivity index (χ2v) is 5.61. The average Bonchev–Trinajstić information content (AvgIpc) is 2.43. The quantitative estimate of drug-likeness (QED) is 0.733. The van der Waals surface area contributed by atoms with Crippen LogP contribution in [0, 0.1) is 5.92 Å². The van der Waals surface area contributed by atoms with Crippen LogP contribution >= 0.6 is 11.6 Å². The van der Waals surface area contributed by atoms with Crippen molar-refractivity contribution in [3.63, 3.8) is 0 Å². The van der Waals surface area contributed by atoms with Gasteiger partial charge in [-0.3, -0.25) is 4.79 Å². The summed E-state index contributed by atoms with van der Waals surface area (Å²) in [7, 11) is 0. The van der Waals surface area contributed by atoms with Crippen molar-refractivity contribution in [3.05, 3.63) is 34.9 Å². The Morgan fingerprint density at radius 1 is 1.35 bits per heavy atom. The topological polar surface area (TPSA) is 55.1 Å². The van der Waals surface area contributed by atoms with Gasteiger partial charge in [-0.15, -0.1) is 0 Å². The van der Waals surface area contributed by atoms with Crippen LogP contribution in [0.2, 0.25) is 5.02 Å². The molecule has 1 amide bonds. The Labute approximate surface area is 126 Å². The molecule has 3 N–H and O–H groups in total. The van der Waals surface area contributed by atoms with Crippen LogP contribution < -0.4 is 11.1 Å². The predicted octanol–water partition coefficient (Wildman–Crippen LogP) is 3.50. The third kappa shape index (κ3) is 6.92. The van der Waals surface area contributed by atoms with Gasteiger partial charge in [-0.25, -0.2) is 0 Å². The molecule has 1 aromatic carbocycles.